The molecule has 0 atom stereocenters. The average Bonchev–Trinajstić information content (AvgIpc) is 2.38. The van der Waals surface area contributed by atoms with Crippen LogP contribution in [-0.4, -0.2) is 19.9 Å². The molecule has 0 radical (unpaired) electrons. The molecule has 1 aromatic rings. The topological polar surface area (TPSA) is 127 Å². The average molecular weight is 288 g/mol. The third-order valence-electron chi connectivity index (χ3n) is 2.45. The first-order valence-electron chi connectivity index (χ1n) is 5.67. The van der Waals surface area contributed by atoms with Gasteiger partial charge in [0.15, 0.2) is 0 Å². The molecular weight excluding hydrogens is 272 g/mol. The molecule has 0 unspecified atom stereocenters. The van der Waals surface area contributed by atoms with Gasteiger partial charge in [-0.2, -0.15) is 0 Å². The Labute approximate surface area is 111 Å². The number of hydrazine groups is 1. The van der Waals surface area contributed by atoms with E-state index < -0.39 is 14.9 Å². The number of rotatable bonds is 7. The largest absolute Gasteiger partial charge is 0.318 e. The molecule has 0 amide bonds. The number of unbranched alkanes of at least 4 members (excludes halogenated alkanes) is 1. The third-order valence-corrected chi connectivity index (χ3v) is 3.91. The fourth-order valence-electron chi connectivity index (χ4n) is 1.42. The number of nitrogen functional groups attached to an aromatic ring is 1. The molecule has 0 bridgehead atoms. The van der Waals surface area contributed by atoms with Crippen molar-refractivity contribution in [2.75, 3.05) is 12.0 Å². The van der Waals surface area contributed by atoms with Gasteiger partial charge in [0.1, 0.15) is 5.69 Å². The second-order valence-electron chi connectivity index (χ2n) is 3.83. The number of hydrogen-bond acceptors (Lipinski definition) is 6. The summed E-state index contributed by atoms with van der Waals surface area (Å²) in [5.74, 6) is 5.13. The summed E-state index contributed by atoms with van der Waals surface area (Å²) in [6.45, 7) is 2.23. The van der Waals surface area contributed by atoms with Crippen LogP contribution in [0.1, 0.15) is 19.8 Å². The minimum Gasteiger partial charge on any atom is -0.318 e. The van der Waals surface area contributed by atoms with Crippen LogP contribution < -0.4 is 16.0 Å². The fourth-order valence-corrected chi connectivity index (χ4v) is 2.51. The smallest absolute Gasteiger partial charge is 0.294 e. The Balaban J connectivity index is 3.07. The number of anilines is 1. The van der Waals surface area contributed by atoms with E-state index in [1.807, 2.05) is 6.92 Å². The molecule has 0 aromatic heterocycles. The quantitative estimate of drug-likeness (QED) is 0.297. The predicted molar refractivity (Wildman–Crippen MR) is 71.0 cm³/mol. The van der Waals surface area contributed by atoms with E-state index in [0.717, 1.165) is 12.5 Å². The number of hydrogen-bond donors (Lipinski definition) is 3. The van der Waals surface area contributed by atoms with Crippen molar-refractivity contribution >= 4 is 21.4 Å². The standard InChI is InChI=1S/C10H16N4O4S/c1-2-3-6-12-19(17,18)8-4-5-9(13-11)10(7-8)14(15)16/h4-5,7,12-13H,2-3,6,11H2,1H3. The van der Waals surface area contributed by atoms with E-state index in [9.17, 15) is 18.5 Å². The van der Waals surface area contributed by atoms with Crippen molar-refractivity contribution in [1.29, 1.82) is 0 Å². The zero-order valence-electron chi connectivity index (χ0n) is 10.4. The van der Waals surface area contributed by atoms with E-state index in [1.54, 1.807) is 0 Å². The van der Waals surface area contributed by atoms with Crippen LogP contribution in [0.3, 0.4) is 0 Å². The van der Waals surface area contributed by atoms with Crippen molar-refractivity contribution in [3.05, 3.63) is 28.3 Å². The molecule has 4 N–H and O–H groups in total. The lowest BCUT2D eigenvalue weighted by atomic mass is 10.3. The van der Waals surface area contributed by atoms with Crippen LogP contribution in [0.4, 0.5) is 11.4 Å². The first kappa shape index (κ1) is 15.3. The highest BCUT2D eigenvalue weighted by Gasteiger charge is 2.20. The summed E-state index contributed by atoms with van der Waals surface area (Å²) < 4.78 is 26.2. The van der Waals surface area contributed by atoms with Gasteiger partial charge in [0.2, 0.25) is 10.0 Å². The van der Waals surface area contributed by atoms with Crippen LogP contribution in [0.15, 0.2) is 23.1 Å². The molecular formula is C10H16N4O4S. The SMILES string of the molecule is CCCCNS(=O)(=O)c1ccc(NN)c([N+](=O)[O-])c1. The van der Waals surface area contributed by atoms with Gasteiger partial charge in [0.25, 0.3) is 5.69 Å². The Morgan fingerprint density at radius 2 is 2.11 bits per heavy atom. The molecule has 9 heteroatoms. The maximum Gasteiger partial charge on any atom is 0.294 e. The zero-order valence-corrected chi connectivity index (χ0v) is 11.2. The van der Waals surface area contributed by atoms with E-state index in [4.69, 9.17) is 5.84 Å². The van der Waals surface area contributed by atoms with E-state index in [2.05, 4.69) is 10.1 Å². The first-order chi connectivity index (χ1) is 8.92. The van der Waals surface area contributed by atoms with Crippen LogP contribution in [0, 0.1) is 10.1 Å². The van der Waals surface area contributed by atoms with Crippen molar-refractivity contribution in [2.24, 2.45) is 5.84 Å². The normalized spacial score (nSPS) is 11.3. The van der Waals surface area contributed by atoms with E-state index in [-0.39, 0.29) is 16.3 Å². The number of nitrogens with one attached hydrogen (secondary N) is 2. The van der Waals surface area contributed by atoms with Gasteiger partial charge >= 0.3 is 0 Å². The van der Waals surface area contributed by atoms with Gasteiger partial charge in [0, 0.05) is 12.6 Å². The summed E-state index contributed by atoms with van der Waals surface area (Å²) in [4.78, 5) is 9.96. The monoisotopic (exact) mass is 288 g/mol. The van der Waals surface area contributed by atoms with Gasteiger partial charge in [-0.3, -0.25) is 16.0 Å². The lowest BCUT2D eigenvalue weighted by Crippen LogP contribution is -2.24. The molecule has 0 spiro atoms. The molecule has 0 aliphatic heterocycles. The minimum absolute atomic E-state index is 0.0532. The van der Waals surface area contributed by atoms with Crippen molar-refractivity contribution < 1.29 is 13.3 Å². The molecule has 0 heterocycles. The number of nitrogens with zero attached hydrogens (tertiary/aromatic N) is 1. The maximum absolute atomic E-state index is 11.9. The van der Waals surface area contributed by atoms with Crippen molar-refractivity contribution in [3.8, 4) is 0 Å². The lowest BCUT2D eigenvalue weighted by Gasteiger charge is -2.07. The summed E-state index contributed by atoms with van der Waals surface area (Å²) in [7, 11) is -3.74. The molecule has 8 nitrogen and oxygen atoms in total. The highest BCUT2D eigenvalue weighted by atomic mass is 32.2. The minimum atomic E-state index is -3.74. The maximum atomic E-state index is 11.9. The summed E-state index contributed by atoms with van der Waals surface area (Å²) in [6.07, 6.45) is 1.54. The summed E-state index contributed by atoms with van der Waals surface area (Å²) >= 11 is 0. The van der Waals surface area contributed by atoms with Crippen molar-refractivity contribution in [2.45, 2.75) is 24.7 Å². The van der Waals surface area contributed by atoms with E-state index in [1.165, 1.54) is 12.1 Å². The predicted octanol–water partition coefficient (Wildman–Crippen LogP) is 0.959. The van der Waals surface area contributed by atoms with Crippen molar-refractivity contribution in [3.63, 3.8) is 0 Å². The van der Waals surface area contributed by atoms with Crippen LogP contribution in [0.2, 0.25) is 0 Å². The summed E-state index contributed by atoms with van der Waals surface area (Å²) in [6, 6.07) is 3.49. The number of nitrogens with two attached hydrogens (primary N) is 1. The lowest BCUT2D eigenvalue weighted by molar-refractivity contribution is -0.384. The Hall–Kier alpha value is -1.71. The second kappa shape index (κ2) is 6.45. The van der Waals surface area contributed by atoms with Gasteiger partial charge in [0.05, 0.1) is 9.82 Å². The number of nitro groups is 1. The molecule has 19 heavy (non-hydrogen) atoms. The number of benzene rings is 1. The highest BCUT2D eigenvalue weighted by Crippen LogP contribution is 2.26. The molecule has 1 rings (SSSR count). The van der Waals surface area contributed by atoms with Gasteiger partial charge < -0.3 is 5.43 Å². The van der Waals surface area contributed by atoms with Gasteiger partial charge in [-0.25, -0.2) is 13.1 Å². The van der Waals surface area contributed by atoms with Crippen molar-refractivity contribution in [1.82, 2.24) is 4.72 Å². The molecule has 1 aromatic carbocycles. The zero-order chi connectivity index (χ0) is 14.5. The Morgan fingerprint density at radius 1 is 1.42 bits per heavy atom. The Morgan fingerprint density at radius 3 is 2.63 bits per heavy atom. The fraction of sp³-hybridized carbons (Fsp3) is 0.400. The summed E-state index contributed by atoms with van der Waals surface area (Å²) in [5.41, 5.74) is 1.82. The number of sulfonamides is 1. The molecule has 0 saturated carbocycles. The molecule has 106 valence electrons. The molecule has 0 aliphatic rings. The van der Waals surface area contributed by atoms with Crippen LogP contribution in [0.25, 0.3) is 0 Å². The number of nitro benzene ring substituents is 1. The van der Waals surface area contributed by atoms with Crippen LogP contribution in [-0.2, 0) is 10.0 Å². The van der Waals surface area contributed by atoms with E-state index in [0.29, 0.717) is 13.0 Å². The summed E-state index contributed by atoms with van der Waals surface area (Å²) in [5, 5.41) is 10.8. The molecule has 0 saturated heterocycles. The third kappa shape index (κ3) is 3.88. The van der Waals surface area contributed by atoms with E-state index >= 15 is 0 Å². The van der Waals surface area contributed by atoms with Crippen LogP contribution in [0.5, 0.6) is 0 Å². The van der Waals surface area contributed by atoms with Crippen LogP contribution >= 0.6 is 0 Å². The molecule has 0 fully saturated rings. The molecule has 0 aliphatic carbocycles. The van der Waals surface area contributed by atoms with Gasteiger partial charge in [-0.05, 0) is 18.6 Å². The first-order valence-corrected chi connectivity index (χ1v) is 7.15. The highest BCUT2D eigenvalue weighted by molar-refractivity contribution is 7.89. The van der Waals surface area contributed by atoms with Gasteiger partial charge in [-0.15, -0.1) is 0 Å². The second-order valence-corrected chi connectivity index (χ2v) is 5.60. The Bertz CT molecular complexity index is 559. The Kier molecular flexibility index (Phi) is 5.21. The van der Waals surface area contributed by atoms with Gasteiger partial charge in [-0.1, -0.05) is 13.3 Å².